The van der Waals surface area contributed by atoms with E-state index in [1.165, 1.54) is 25.4 Å². The fraction of sp³-hybridized carbons (Fsp3) is 0.231. The SMILES string of the molecule is COCc1oncc1C(=O)Nc1ccc(C(F)(F)F)cc1. The molecule has 0 aliphatic carbocycles. The number of alkyl halides is 3. The van der Waals surface area contributed by atoms with Gasteiger partial charge in [0.25, 0.3) is 5.91 Å². The molecule has 0 fully saturated rings. The molecule has 0 spiro atoms. The largest absolute Gasteiger partial charge is 0.416 e. The monoisotopic (exact) mass is 300 g/mol. The van der Waals surface area contributed by atoms with Crippen LogP contribution in [0.2, 0.25) is 0 Å². The third kappa shape index (κ3) is 3.60. The maximum Gasteiger partial charge on any atom is 0.416 e. The summed E-state index contributed by atoms with van der Waals surface area (Å²) >= 11 is 0. The maximum atomic E-state index is 12.4. The van der Waals surface area contributed by atoms with Crippen LogP contribution in [0.4, 0.5) is 18.9 Å². The van der Waals surface area contributed by atoms with E-state index in [9.17, 15) is 18.0 Å². The molecule has 1 amide bonds. The number of nitrogens with one attached hydrogen (secondary N) is 1. The zero-order valence-corrected chi connectivity index (χ0v) is 10.9. The lowest BCUT2D eigenvalue weighted by atomic mass is 10.2. The molecule has 2 aromatic rings. The minimum absolute atomic E-state index is 0.0652. The summed E-state index contributed by atoms with van der Waals surface area (Å²) in [6.45, 7) is 0.0652. The van der Waals surface area contributed by atoms with Crippen molar-refractivity contribution >= 4 is 11.6 Å². The smallest absolute Gasteiger partial charge is 0.377 e. The van der Waals surface area contributed by atoms with Gasteiger partial charge in [-0.15, -0.1) is 0 Å². The third-order valence-corrected chi connectivity index (χ3v) is 2.64. The summed E-state index contributed by atoms with van der Waals surface area (Å²) in [7, 11) is 1.43. The number of methoxy groups -OCH3 is 1. The van der Waals surface area contributed by atoms with Crippen molar-refractivity contribution in [1.29, 1.82) is 0 Å². The summed E-state index contributed by atoms with van der Waals surface area (Å²) < 4.78 is 46.9. The number of anilines is 1. The molecule has 1 N–H and O–H groups in total. The van der Waals surface area contributed by atoms with E-state index in [4.69, 9.17) is 9.26 Å². The van der Waals surface area contributed by atoms with Gasteiger partial charge in [0, 0.05) is 12.8 Å². The topological polar surface area (TPSA) is 64.4 Å². The Balaban J connectivity index is 2.11. The fourth-order valence-corrected chi connectivity index (χ4v) is 1.63. The van der Waals surface area contributed by atoms with Gasteiger partial charge in [-0.2, -0.15) is 13.2 Å². The van der Waals surface area contributed by atoms with Gasteiger partial charge in [-0.1, -0.05) is 5.16 Å². The fourth-order valence-electron chi connectivity index (χ4n) is 1.63. The lowest BCUT2D eigenvalue weighted by Gasteiger charge is -2.08. The Morgan fingerprint density at radius 3 is 2.57 bits per heavy atom. The number of ether oxygens (including phenoxy) is 1. The predicted molar refractivity (Wildman–Crippen MR) is 66.6 cm³/mol. The predicted octanol–water partition coefficient (Wildman–Crippen LogP) is 3.09. The highest BCUT2D eigenvalue weighted by atomic mass is 19.4. The highest BCUT2D eigenvalue weighted by molar-refractivity contribution is 6.04. The molecule has 112 valence electrons. The van der Waals surface area contributed by atoms with Crippen LogP contribution in [0, 0.1) is 0 Å². The first-order valence-corrected chi connectivity index (χ1v) is 5.83. The first-order valence-electron chi connectivity index (χ1n) is 5.83. The molecule has 1 heterocycles. The van der Waals surface area contributed by atoms with E-state index >= 15 is 0 Å². The molecule has 5 nitrogen and oxygen atoms in total. The van der Waals surface area contributed by atoms with Crippen molar-refractivity contribution in [2.24, 2.45) is 0 Å². The van der Waals surface area contributed by atoms with Gasteiger partial charge in [0.05, 0.1) is 11.8 Å². The Labute approximate surface area is 117 Å². The van der Waals surface area contributed by atoms with Crippen LogP contribution in [0.5, 0.6) is 0 Å². The van der Waals surface area contributed by atoms with E-state index < -0.39 is 17.6 Å². The van der Waals surface area contributed by atoms with Crippen molar-refractivity contribution in [3.05, 3.63) is 47.3 Å². The maximum absolute atomic E-state index is 12.4. The van der Waals surface area contributed by atoms with Crippen molar-refractivity contribution in [1.82, 2.24) is 5.16 Å². The summed E-state index contributed by atoms with van der Waals surface area (Å²) in [5, 5.41) is 5.95. The molecule has 1 aromatic heterocycles. The zero-order chi connectivity index (χ0) is 15.5. The van der Waals surface area contributed by atoms with Crippen molar-refractivity contribution in [2.45, 2.75) is 12.8 Å². The molecule has 0 aliphatic heterocycles. The van der Waals surface area contributed by atoms with E-state index in [1.54, 1.807) is 0 Å². The van der Waals surface area contributed by atoms with Crippen LogP contribution in [0.25, 0.3) is 0 Å². The van der Waals surface area contributed by atoms with Gasteiger partial charge in [-0.25, -0.2) is 0 Å². The van der Waals surface area contributed by atoms with Crippen LogP contribution in [0.15, 0.2) is 35.0 Å². The van der Waals surface area contributed by atoms with Gasteiger partial charge < -0.3 is 14.6 Å². The summed E-state index contributed by atoms with van der Waals surface area (Å²) in [5.74, 6) is -0.301. The number of amides is 1. The molecule has 21 heavy (non-hydrogen) atoms. The lowest BCUT2D eigenvalue weighted by molar-refractivity contribution is -0.137. The number of carbonyl (C=O) groups excluding carboxylic acids is 1. The van der Waals surface area contributed by atoms with Gasteiger partial charge in [-0.05, 0) is 24.3 Å². The third-order valence-electron chi connectivity index (χ3n) is 2.64. The summed E-state index contributed by atoms with van der Waals surface area (Å²) in [6, 6.07) is 4.12. The molecule has 0 saturated carbocycles. The van der Waals surface area contributed by atoms with Crippen molar-refractivity contribution in [2.75, 3.05) is 12.4 Å². The molecule has 0 atom stereocenters. The number of aromatic nitrogens is 1. The van der Waals surface area contributed by atoms with Crippen LogP contribution in [-0.2, 0) is 17.5 Å². The van der Waals surface area contributed by atoms with E-state index in [2.05, 4.69) is 10.5 Å². The number of halogens is 3. The van der Waals surface area contributed by atoms with E-state index in [1.807, 2.05) is 0 Å². The number of carbonyl (C=O) groups is 1. The highest BCUT2D eigenvalue weighted by Gasteiger charge is 2.30. The summed E-state index contributed by atoms with van der Waals surface area (Å²) in [6.07, 6.45) is -3.20. The second-order valence-corrected chi connectivity index (χ2v) is 4.12. The molecule has 1 aromatic carbocycles. The quantitative estimate of drug-likeness (QED) is 0.942. The Morgan fingerprint density at radius 2 is 2.00 bits per heavy atom. The number of rotatable bonds is 4. The first kappa shape index (κ1) is 15.0. The van der Waals surface area contributed by atoms with Gasteiger partial charge in [0.2, 0.25) is 0 Å². The normalized spacial score (nSPS) is 11.4. The molecular weight excluding hydrogens is 289 g/mol. The van der Waals surface area contributed by atoms with Crippen molar-refractivity contribution in [3.63, 3.8) is 0 Å². The van der Waals surface area contributed by atoms with Crippen LogP contribution in [0.3, 0.4) is 0 Å². The van der Waals surface area contributed by atoms with E-state index in [-0.39, 0.29) is 23.6 Å². The minimum atomic E-state index is -4.41. The van der Waals surface area contributed by atoms with Crippen molar-refractivity contribution in [3.8, 4) is 0 Å². The van der Waals surface area contributed by atoms with Gasteiger partial charge in [0.1, 0.15) is 12.2 Å². The molecule has 0 unspecified atom stereocenters. The molecule has 0 aliphatic rings. The molecular formula is C13H11F3N2O3. The summed E-state index contributed by atoms with van der Waals surface area (Å²) in [5.41, 5.74) is -0.389. The Morgan fingerprint density at radius 1 is 1.33 bits per heavy atom. The first-order chi connectivity index (χ1) is 9.91. The highest BCUT2D eigenvalue weighted by Crippen LogP contribution is 2.29. The average Bonchev–Trinajstić information content (AvgIpc) is 2.87. The molecule has 0 bridgehead atoms. The molecule has 0 radical (unpaired) electrons. The van der Waals surface area contributed by atoms with Gasteiger partial charge >= 0.3 is 6.18 Å². The van der Waals surface area contributed by atoms with Crippen LogP contribution < -0.4 is 5.32 Å². The average molecular weight is 300 g/mol. The van der Waals surface area contributed by atoms with Crippen LogP contribution in [0.1, 0.15) is 21.7 Å². The molecule has 0 saturated heterocycles. The second kappa shape index (κ2) is 5.96. The number of nitrogens with zero attached hydrogens (tertiary/aromatic N) is 1. The number of hydrogen-bond donors (Lipinski definition) is 1. The van der Waals surface area contributed by atoms with E-state index in [0.717, 1.165) is 12.1 Å². The molecule has 8 heteroatoms. The summed E-state index contributed by atoms with van der Waals surface area (Å²) in [4.78, 5) is 12.0. The van der Waals surface area contributed by atoms with Crippen LogP contribution >= 0.6 is 0 Å². The second-order valence-electron chi connectivity index (χ2n) is 4.12. The number of benzene rings is 1. The van der Waals surface area contributed by atoms with E-state index in [0.29, 0.717) is 0 Å². The standard InChI is InChI=1S/C13H11F3N2O3/c1-20-7-11-10(6-17-21-11)12(19)18-9-4-2-8(3-5-9)13(14,15)16/h2-6H,7H2,1H3,(H,18,19). The lowest BCUT2D eigenvalue weighted by Crippen LogP contribution is -2.13. The Bertz CT molecular complexity index is 620. The van der Waals surface area contributed by atoms with Crippen molar-refractivity contribution < 1.29 is 27.2 Å². The van der Waals surface area contributed by atoms with Gasteiger partial charge in [0.15, 0.2) is 5.76 Å². The molecule has 2 rings (SSSR count). The van der Waals surface area contributed by atoms with Gasteiger partial charge in [-0.3, -0.25) is 4.79 Å². The minimum Gasteiger partial charge on any atom is -0.377 e. The Kier molecular flexibility index (Phi) is 4.27. The van der Waals surface area contributed by atoms with Crippen LogP contribution in [-0.4, -0.2) is 18.2 Å². The zero-order valence-electron chi connectivity index (χ0n) is 10.9. The Hall–Kier alpha value is -2.35. The number of hydrogen-bond acceptors (Lipinski definition) is 4.